The maximum absolute atomic E-state index is 14.8. The quantitative estimate of drug-likeness (QED) is 0.352. The van der Waals surface area contributed by atoms with Crippen molar-refractivity contribution in [2.75, 3.05) is 18.4 Å². The average molecular weight is 558 g/mol. The van der Waals surface area contributed by atoms with Gasteiger partial charge in [-0.05, 0) is 66.8 Å². The van der Waals surface area contributed by atoms with Crippen LogP contribution >= 0.6 is 33.9 Å². The van der Waals surface area contributed by atoms with Crippen LogP contribution < -0.4 is 5.32 Å². The number of piperidine rings is 1. The van der Waals surface area contributed by atoms with Crippen molar-refractivity contribution in [3.8, 4) is 0 Å². The van der Waals surface area contributed by atoms with Crippen molar-refractivity contribution in [3.05, 3.63) is 26.6 Å². The first-order chi connectivity index (χ1) is 13.8. The Morgan fingerprint density at radius 2 is 2.03 bits per heavy atom. The number of carbonyl (C=O) groups is 1. The van der Waals surface area contributed by atoms with Gasteiger partial charge in [0.2, 0.25) is 0 Å². The number of nitrogens with one attached hydrogen (secondary N) is 1. The van der Waals surface area contributed by atoms with Gasteiger partial charge in [-0.1, -0.05) is 12.1 Å². The number of alkyl halides is 4. The topological polar surface area (TPSA) is 41.6 Å². The van der Waals surface area contributed by atoms with Gasteiger partial charge in [0.25, 0.3) is 0 Å². The fourth-order valence-electron chi connectivity index (χ4n) is 3.38. The summed E-state index contributed by atoms with van der Waals surface area (Å²) >= 11 is 3.19. The lowest BCUT2D eigenvalue weighted by molar-refractivity contribution is -0.127. The van der Waals surface area contributed by atoms with Crippen LogP contribution in [0.1, 0.15) is 32.8 Å². The predicted molar refractivity (Wildman–Crippen MR) is 119 cm³/mol. The lowest BCUT2D eigenvalue weighted by atomic mass is 10.0. The molecule has 0 bridgehead atoms. The van der Waals surface area contributed by atoms with Crippen molar-refractivity contribution in [2.45, 2.75) is 57.6 Å². The number of rotatable bonds is 3. The molecule has 1 aliphatic heterocycles. The summed E-state index contributed by atoms with van der Waals surface area (Å²) < 4.78 is 60.2. The molecule has 0 aliphatic carbocycles. The number of nitrogens with zero attached hydrogens (tertiary/aromatic N) is 1. The van der Waals surface area contributed by atoms with Crippen molar-refractivity contribution in [1.82, 2.24) is 4.90 Å². The van der Waals surface area contributed by atoms with Gasteiger partial charge in [-0.3, -0.25) is 0 Å². The zero-order chi connectivity index (χ0) is 22.3. The number of carbonyl (C=O) groups excluding carboxylic acids is 1. The number of benzene rings is 1. The summed E-state index contributed by atoms with van der Waals surface area (Å²) in [5, 5.41) is 3.69. The molecule has 10 heteroatoms. The summed E-state index contributed by atoms with van der Waals surface area (Å²) in [6.07, 6.45) is -6.79. The molecule has 166 valence electrons. The molecule has 1 amide bonds. The molecule has 1 aromatic heterocycles. The second kappa shape index (κ2) is 8.68. The van der Waals surface area contributed by atoms with Gasteiger partial charge in [-0.15, -0.1) is 11.3 Å². The van der Waals surface area contributed by atoms with Crippen molar-refractivity contribution in [1.29, 1.82) is 0 Å². The molecular weight excluding hydrogens is 535 g/mol. The van der Waals surface area contributed by atoms with Gasteiger partial charge in [0.05, 0.1) is 32.3 Å². The van der Waals surface area contributed by atoms with Crippen LogP contribution in [0.15, 0.2) is 18.2 Å². The highest BCUT2D eigenvalue weighted by Gasteiger charge is 2.34. The van der Waals surface area contributed by atoms with E-state index in [9.17, 15) is 22.4 Å². The smallest absolute Gasteiger partial charge is 0.410 e. The van der Waals surface area contributed by atoms with Crippen LogP contribution in [-0.2, 0) is 11.2 Å². The van der Waals surface area contributed by atoms with Gasteiger partial charge >= 0.3 is 12.3 Å². The minimum absolute atomic E-state index is 0.0934. The predicted octanol–water partition coefficient (Wildman–Crippen LogP) is 6.37. The van der Waals surface area contributed by atoms with E-state index in [1.165, 1.54) is 16.2 Å². The van der Waals surface area contributed by atoms with E-state index in [4.69, 9.17) is 4.74 Å². The van der Waals surface area contributed by atoms with Gasteiger partial charge in [0, 0.05) is 6.54 Å². The average Bonchev–Trinajstić information content (AvgIpc) is 2.90. The maximum Gasteiger partial charge on any atom is 0.410 e. The summed E-state index contributed by atoms with van der Waals surface area (Å²) in [7, 11) is 0. The van der Waals surface area contributed by atoms with E-state index in [0.717, 1.165) is 0 Å². The summed E-state index contributed by atoms with van der Waals surface area (Å²) in [6.45, 7) is 5.50. The Morgan fingerprint density at radius 3 is 2.63 bits per heavy atom. The van der Waals surface area contributed by atoms with Crippen LogP contribution in [0.5, 0.6) is 0 Å². The molecule has 0 saturated carbocycles. The number of anilines is 1. The molecule has 1 aliphatic rings. The number of halogens is 5. The number of ether oxygens (including phenoxy) is 1. The molecule has 1 fully saturated rings. The van der Waals surface area contributed by atoms with Gasteiger partial charge in [-0.2, -0.15) is 13.2 Å². The molecule has 2 aromatic rings. The van der Waals surface area contributed by atoms with Crippen molar-refractivity contribution < 1.29 is 27.1 Å². The number of amides is 1. The van der Waals surface area contributed by atoms with Gasteiger partial charge in [0.1, 0.15) is 11.8 Å². The molecule has 1 N–H and O–H groups in total. The maximum atomic E-state index is 14.8. The largest absolute Gasteiger partial charge is 0.444 e. The Bertz CT molecular complexity index is 926. The van der Waals surface area contributed by atoms with E-state index in [2.05, 4.69) is 5.32 Å². The lowest BCUT2D eigenvalue weighted by Crippen LogP contribution is -2.51. The van der Waals surface area contributed by atoms with E-state index in [1.807, 2.05) is 22.6 Å². The zero-order valence-electron chi connectivity index (χ0n) is 16.8. The normalized spacial score (nSPS) is 20.5. The van der Waals surface area contributed by atoms with Crippen molar-refractivity contribution in [3.63, 3.8) is 0 Å². The molecule has 0 spiro atoms. The Morgan fingerprint density at radius 1 is 1.33 bits per heavy atom. The first kappa shape index (κ1) is 23.4. The van der Waals surface area contributed by atoms with Gasteiger partial charge in [0.15, 0.2) is 0 Å². The highest BCUT2D eigenvalue weighted by molar-refractivity contribution is 14.1. The monoisotopic (exact) mass is 558 g/mol. The Hall–Kier alpha value is -1.30. The number of hydrogen-bond donors (Lipinski definition) is 1. The van der Waals surface area contributed by atoms with E-state index in [1.54, 1.807) is 39.0 Å². The molecule has 2 heterocycles. The molecule has 30 heavy (non-hydrogen) atoms. The first-order valence-corrected chi connectivity index (χ1v) is 11.4. The zero-order valence-corrected chi connectivity index (χ0v) is 19.8. The van der Waals surface area contributed by atoms with Crippen molar-refractivity contribution in [2.24, 2.45) is 0 Å². The van der Waals surface area contributed by atoms with Gasteiger partial charge < -0.3 is 15.0 Å². The highest BCUT2D eigenvalue weighted by Crippen LogP contribution is 2.40. The fraction of sp³-hybridized carbons (Fsp3) is 0.550. The third-order valence-electron chi connectivity index (χ3n) is 4.68. The van der Waals surface area contributed by atoms with E-state index in [0.29, 0.717) is 31.6 Å². The van der Waals surface area contributed by atoms with Crippen LogP contribution in [0.2, 0.25) is 0 Å². The fourth-order valence-corrected chi connectivity index (χ4v) is 5.54. The summed E-state index contributed by atoms with van der Waals surface area (Å²) in [5.41, 5.74) is 0.212. The molecule has 0 radical (unpaired) electrons. The number of hydrogen-bond acceptors (Lipinski definition) is 4. The SMILES string of the molecule is CC(C)(C)OC(=O)N1CCC(Nc2cccc3c(CC(F)(F)F)c(I)sc23)[C@@H](F)C1. The van der Waals surface area contributed by atoms with E-state index in [-0.39, 0.29) is 12.1 Å². The third-order valence-corrected chi connectivity index (χ3v) is 7.06. The second-order valence-corrected chi connectivity index (χ2v) is 11.1. The Kier molecular flexibility index (Phi) is 6.76. The van der Waals surface area contributed by atoms with E-state index < -0.39 is 36.5 Å². The number of likely N-dealkylation sites (tertiary alicyclic amines) is 1. The van der Waals surface area contributed by atoms with Crippen LogP contribution in [-0.4, -0.2) is 48.1 Å². The molecule has 3 rings (SSSR count). The van der Waals surface area contributed by atoms with Crippen LogP contribution in [0.25, 0.3) is 10.1 Å². The summed E-state index contributed by atoms with van der Waals surface area (Å²) in [4.78, 5) is 13.5. The third kappa shape index (κ3) is 5.68. The van der Waals surface area contributed by atoms with Crippen LogP contribution in [0, 0.1) is 2.88 Å². The Balaban J connectivity index is 1.74. The first-order valence-electron chi connectivity index (χ1n) is 9.49. The molecule has 4 nitrogen and oxygen atoms in total. The van der Waals surface area contributed by atoms with Crippen molar-refractivity contribution >= 4 is 55.8 Å². The minimum Gasteiger partial charge on any atom is -0.444 e. The number of fused-ring (bicyclic) bond motifs is 1. The molecule has 1 unspecified atom stereocenters. The van der Waals surface area contributed by atoms with Gasteiger partial charge in [-0.25, -0.2) is 9.18 Å². The molecule has 1 saturated heterocycles. The lowest BCUT2D eigenvalue weighted by Gasteiger charge is -2.36. The number of thiophene rings is 1. The Labute approximate surface area is 190 Å². The van der Waals surface area contributed by atoms with Crippen LogP contribution in [0.3, 0.4) is 0 Å². The summed E-state index contributed by atoms with van der Waals surface area (Å²) in [6, 6.07) is 4.55. The molecule has 1 aromatic carbocycles. The minimum atomic E-state index is -4.30. The highest BCUT2D eigenvalue weighted by atomic mass is 127. The summed E-state index contributed by atoms with van der Waals surface area (Å²) in [5.74, 6) is 0. The molecular formula is C20H23F4IN2O2S. The van der Waals surface area contributed by atoms with Crippen LogP contribution in [0.4, 0.5) is 28.0 Å². The standard InChI is InChI=1S/C20H23F4IN2O2S/c1-19(2,3)29-18(28)27-8-7-14(13(21)10-27)26-15-6-4-5-11-12(9-20(22,23)24)17(25)30-16(11)15/h4-6,13-14,26H,7-10H2,1-3H3/t13-,14?/m0/s1. The van der Waals surface area contributed by atoms with E-state index >= 15 is 0 Å². The second-order valence-electron chi connectivity index (χ2n) is 8.31. The molecule has 2 atom stereocenters.